The van der Waals surface area contributed by atoms with Gasteiger partial charge in [-0.1, -0.05) is 6.07 Å². The van der Waals surface area contributed by atoms with Gasteiger partial charge in [-0.05, 0) is 23.6 Å². The van der Waals surface area contributed by atoms with Gasteiger partial charge in [-0.2, -0.15) is 0 Å². The highest BCUT2D eigenvalue weighted by molar-refractivity contribution is 7.75. The first kappa shape index (κ1) is 8.19. The number of carbonyl (C=O) groups excluding carboxylic acids is 1. The SMILES string of the molecule is O=C(OS)c1ccc2cc[nH]c2c1. The zero-order valence-corrected chi connectivity index (χ0v) is 7.54. The molecule has 0 amide bonds. The Labute approximate surface area is 80.3 Å². The number of thiol groups is 1. The molecule has 2 rings (SSSR count). The first-order chi connectivity index (χ1) is 6.31. The van der Waals surface area contributed by atoms with E-state index in [2.05, 4.69) is 22.1 Å². The minimum Gasteiger partial charge on any atom is -0.391 e. The maximum Gasteiger partial charge on any atom is 0.350 e. The van der Waals surface area contributed by atoms with Crippen molar-refractivity contribution in [2.24, 2.45) is 0 Å². The minimum atomic E-state index is -0.445. The van der Waals surface area contributed by atoms with E-state index in [-0.39, 0.29) is 0 Å². The van der Waals surface area contributed by atoms with E-state index in [0.29, 0.717) is 5.56 Å². The van der Waals surface area contributed by atoms with Crippen molar-refractivity contribution in [3.63, 3.8) is 0 Å². The van der Waals surface area contributed by atoms with Gasteiger partial charge >= 0.3 is 5.97 Å². The topological polar surface area (TPSA) is 42.1 Å². The van der Waals surface area contributed by atoms with Crippen molar-refractivity contribution in [3.8, 4) is 0 Å². The summed E-state index contributed by atoms with van der Waals surface area (Å²) in [5, 5.41) is 1.07. The molecule has 3 nitrogen and oxygen atoms in total. The van der Waals surface area contributed by atoms with Crippen LogP contribution in [0.25, 0.3) is 10.9 Å². The second-order valence-electron chi connectivity index (χ2n) is 2.66. The number of aromatic amines is 1. The monoisotopic (exact) mass is 193 g/mol. The summed E-state index contributed by atoms with van der Waals surface area (Å²) in [7, 11) is 0. The highest BCUT2D eigenvalue weighted by atomic mass is 32.1. The molecule has 66 valence electrons. The Bertz CT molecular complexity index is 450. The van der Waals surface area contributed by atoms with Gasteiger partial charge in [-0.3, -0.25) is 0 Å². The highest BCUT2D eigenvalue weighted by Gasteiger charge is 2.06. The molecule has 0 aliphatic carbocycles. The van der Waals surface area contributed by atoms with Crippen LogP contribution in [0.4, 0.5) is 0 Å². The molecule has 0 aliphatic heterocycles. The largest absolute Gasteiger partial charge is 0.391 e. The molecule has 1 heterocycles. The average molecular weight is 193 g/mol. The van der Waals surface area contributed by atoms with Crippen LogP contribution in [0.3, 0.4) is 0 Å². The van der Waals surface area contributed by atoms with Gasteiger partial charge in [0.05, 0.1) is 5.56 Å². The standard InChI is InChI=1S/C9H7NO2S/c11-9(12-13)7-2-1-6-3-4-10-8(6)5-7/h1-5,10,13H. The molecule has 0 radical (unpaired) electrons. The lowest BCUT2D eigenvalue weighted by atomic mass is 10.2. The maximum absolute atomic E-state index is 11.1. The van der Waals surface area contributed by atoms with E-state index in [4.69, 9.17) is 0 Å². The van der Waals surface area contributed by atoms with Crippen LogP contribution in [-0.2, 0) is 4.18 Å². The maximum atomic E-state index is 11.1. The number of rotatable bonds is 1. The summed E-state index contributed by atoms with van der Waals surface area (Å²) in [6.07, 6.45) is 1.82. The summed E-state index contributed by atoms with van der Waals surface area (Å²) in [4.78, 5) is 14.1. The van der Waals surface area contributed by atoms with Crippen molar-refractivity contribution >= 4 is 29.8 Å². The molecule has 1 aromatic carbocycles. The summed E-state index contributed by atoms with van der Waals surface area (Å²) in [5.74, 6) is -0.445. The van der Waals surface area contributed by atoms with Crippen LogP contribution in [0.15, 0.2) is 30.5 Å². The first-order valence-electron chi connectivity index (χ1n) is 3.74. The van der Waals surface area contributed by atoms with Gasteiger partial charge in [0.15, 0.2) is 0 Å². The van der Waals surface area contributed by atoms with E-state index in [1.54, 1.807) is 12.1 Å². The molecule has 4 heteroatoms. The average Bonchev–Trinajstić information content (AvgIpc) is 2.63. The number of hydrogen-bond acceptors (Lipinski definition) is 3. The van der Waals surface area contributed by atoms with Gasteiger partial charge in [-0.15, -0.1) is 0 Å². The van der Waals surface area contributed by atoms with Crippen molar-refractivity contribution in [1.29, 1.82) is 0 Å². The fraction of sp³-hybridized carbons (Fsp3) is 0. The van der Waals surface area contributed by atoms with Crippen molar-refractivity contribution in [1.82, 2.24) is 4.98 Å². The Hall–Kier alpha value is -1.42. The molecule has 0 saturated carbocycles. The van der Waals surface area contributed by atoms with E-state index < -0.39 is 5.97 Å². The third kappa shape index (κ3) is 1.40. The smallest absolute Gasteiger partial charge is 0.350 e. The lowest BCUT2D eigenvalue weighted by Crippen LogP contribution is -1.96. The van der Waals surface area contributed by atoms with Crippen LogP contribution in [-0.4, -0.2) is 11.0 Å². The van der Waals surface area contributed by atoms with Crippen LogP contribution in [0, 0.1) is 0 Å². The predicted octanol–water partition coefficient (Wildman–Crippen LogP) is 2.17. The zero-order valence-electron chi connectivity index (χ0n) is 6.65. The van der Waals surface area contributed by atoms with Gasteiger partial charge in [0.2, 0.25) is 0 Å². The van der Waals surface area contributed by atoms with Gasteiger partial charge in [-0.25, -0.2) is 4.79 Å². The number of nitrogens with one attached hydrogen (secondary N) is 1. The summed E-state index contributed by atoms with van der Waals surface area (Å²) < 4.78 is 4.30. The van der Waals surface area contributed by atoms with Crippen LogP contribution in [0.5, 0.6) is 0 Å². The number of aromatic nitrogens is 1. The van der Waals surface area contributed by atoms with E-state index >= 15 is 0 Å². The third-order valence-corrected chi connectivity index (χ3v) is 2.04. The Morgan fingerprint density at radius 2 is 2.23 bits per heavy atom. The second-order valence-corrected chi connectivity index (χ2v) is 2.84. The second kappa shape index (κ2) is 3.14. The number of H-pyrrole nitrogens is 1. The molecule has 0 unspecified atom stereocenters. The number of hydrogen-bond donors (Lipinski definition) is 2. The van der Waals surface area contributed by atoms with Crippen molar-refractivity contribution in [2.75, 3.05) is 0 Å². The van der Waals surface area contributed by atoms with Crippen LogP contribution in [0.2, 0.25) is 0 Å². The zero-order chi connectivity index (χ0) is 9.26. The Kier molecular flexibility index (Phi) is 1.98. The Morgan fingerprint density at radius 3 is 3.00 bits per heavy atom. The van der Waals surface area contributed by atoms with Crippen molar-refractivity contribution in [3.05, 3.63) is 36.0 Å². The minimum absolute atomic E-state index is 0.445. The van der Waals surface area contributed by atoms with Gasteiger partial charge in [0.1, 0.15) is 0 Å². The van der Waals surface area contributed by atoms with E-state index in [9.17, 15) is 4.79 Å². The molecule has 0 atom stereocenters. The lowest BCUT2D eigenvalue weighted by Gasteiger charge is -1.96. The lowest BCUT2D eigenvalue weighted by molar-refractivity contribution is 0.0772. The van der Waals surface area contributed by atoms with Crippen LogP contribution >= 0.6 is 12.9 Å². The fourth-order valence-electron chi connectivity index (χ4n) is 1.23. The van der Waals surface area contributed by atoms with Gasteiger partial charge in [0.25, 0.3) is 0 Å². The summed E-state index contributed by atoms with van der Waals surface area (Å²) in [5.41, 5.74) is 1.40. The quantitative estimate of drug-likeness (QED) is 0.538. The Balaban J connectivity index is 2.54. The molecular weight excluding hydrogens is 186 g/mol. The molecule has 0 fully saturated rings. The third-order valence-electron chi connectivity index (χ3n) is 1.87. The number of carbonyl (C=O) groups is 1. The molecule has 0 bridgehead atoms. The molecular formula is C9H7NO2S. The summed E-state index contributed by atoms with van der Waals surface area (Å²) in [6, 6.07) is 7.22. The number of benzene rings is 1. The van der Waals surface area contributed by atoms with Gasteiger partial charge < -0.3 is 9.17 Å². The van der Waals surface area contributed by atoms with E-state index in [1.165, 1.54) is 0 Å². The molecule has 0 spiro atoms. The molecule has 13 heavy (non-hydrogen) atoms. The molecule has 1 N–H and O–H groups in total. The van der Waals surface area contributed by atoms with E-state index in [0.717, 1.165) is 10.9 Å². The van der Waals surface area contributed by atoms with Gasteiger partial charge in [0, 0.05) is 24.6 Å². The Morgan fingerprint density at radius 1 is 1.38 bits per heavy atom. The predicted molar refractivity (Wildman–Crippen MR) is 52.7 cm³/mol. The van der Waals surface area contributed by atoms with Crippen LogP contribution < -0.4 is 0 Å². The first-order valence-corrected chi connectivity index (χ1v) is 4.10. The van der Waals surface area contributed by atoms with Crippen molar-refractivity contribution < 1.29 is 8.98 Å². The number of fused-ring (bicyclic) bond motifs is 1. The van der Waals surface area contributed by atoms with Crippen molar-refractivity contribution in [2.45, 2.75) is 0 Å². The summed E-state index contributed by atoms with van der Waals surface area (Å²) >= 11 is 3.45. The fourth-order valence-corrected chi connectivity index (χ4v) is 1.33. The highest BCUT2D eigenvalue weighted by Crippen LogP contribution is 2.14. The van der Waals surface area contributed by atoms with Crippen LogP contribution in [0.1, 0.15) is 10.4 Å². The molecule has 0 aliphatic rings. The summed E-state index contributed by atoms with van der Waals surface area (Å²) in [6.45, 7) is 0. The molecule has 2 aromatic rings. The van der Waals surface area contributed by atoms with E-state index in [1.807, 2.05) is 18.3 Å². The normalized spacial score (nSPS) is 10.2. The molecule has 0 saturated heterocycles. The molecule has 1 aromatic heterocycles.